The third kappa shape index (κ3) is 2.81. The van der Waals surface area contributed by atoms with Crippen molar-refractivity contribution in [2.75, 3.05) is 12.3 Å². The molecule has 0 unspecified atom stereocenters. The van der Waals surface area contributed by atoms with Crippen molar-refractivity contribution in [1.29, 1.82) is 0 Å². The standard InChI is InChI=1S/C17H24N4/c1-3-14-10-15(21(4-2)19-14)12-20-9-8-16-13(11-20)6-5-7-17(16)18/h5-7,10H,3-4,8-9,11-12,18H2,1-2H3. The summed E-state index contributed by atoms with van der Waals surface area (Å²) >= 11 is 0. The van der Waals surface area contributed by atoms with Crippen LogP contribution in [0.5, 0.6) is 0 Å². The highest BCUT2D eigenvalue weighted by Gasteiger charge is 2.19. The average molecular weight is 284 g/mol. The van der Waals surface area contributed by atoms with Gasteiger partial charge in [-0.05, 0) is 43.0 Å². The Bertz CT molecular complexity index is 630. The summed E-state index contributed by atoms with van der Waals surface area (Å²) < 4.78 is 2.13. The van der Waals surface area contributed by atoms with Crippen molar-refractivity contribution in [2.24, 2.45) is 0 Å². The zero-order chi connectivity index (χ0) is 14.8. The zero-order valence-corrected chi connectivity index (χ0v) is 13.0. The van der Waals surface area contributed by atoms with E-state index in [9.17, 15) is 0 Å². The number of benzene rings is 1. The molecule has 1 aliphatic rings. The molecule has 2 heterocycles. The fourth-order valence-electron chi connectivity index (χ4n) is 3.15. The first-order chi connectivity index (χ1) is 10.2. The second-order valence-corrected chi connectivity index (χ2v) is 5.74. The fraction of sp³-hybridized carbons (Fsp3) is 0.471. The van der Waals surface area contributed by atoms with Crippen LogP contribution in [0.3, 0.4) is 0 Å². The van der Waals surface area contributed by atoms with E-state index in [-0.39, 0.29) is 0 Å². The van der Waals surface area contributed by atoms with Gasteiger partial charge in [0.1, 0.15) is 0 Å². The summed E-state index contributed by atoms with van der Waals surface area (Å²) in [6, 6.07) is 8.52. The van der Waals surface area contributed by atoms with Gasteiger partial charge in [0, 0.05) is 31.9 Å². The van der Waals surface area contributed by atoms with Gasteiger partial charge in [-0.25, -0.2) is 0 Å². The van der Waals surface area contributed by atoms with Crippen molar-refractivity contribution in [3.05, 3.63) is 46.8 Å². The number of rotatable bonds is 4. The van der Waals surface area contributed by atoms with Crippen molar-refractivity contribution in [1.82, 2.24) is 14.7 Å². The Kier molecular flexibility index (Phi) is 3.97. The molecule has 0 bridgehead atoms. The minimum absolute atomic E-state index is 0.937. The number of nitrogens with two attached hydrogens (primary N) is 1. The van der Waals surface area contributed by atoms with E-state index in [4.69, 9.17) is 5.73 Å². The zero-order valence-electron chi connectivity index (χ0n) is 13.0. The van der Waals surface area contributed by atoms with E-state index in [1.165, 1.54) is 22.5 Å². The molecule has 0 radical (unpaired) electrons. The summed E-state index contributed by atoms with van der Waals surface area (Å²) in [5.41, 5.74) is 12.2. The van der Waals surface area contributed by atoms with Gasteiger partial charge in [-0.3, -0.25) is 9.58 Å². The normalized spacial score (nSPS) is 15.1. The molecule has 3 rings (SSSR count). The first-order valence-electron chi connectivity index (χ1n) is 7.85. The Morgan fingerprint density at radius 2 is 2.14 bits per heavy atom. The monoisotopic (exact) mass is 284 g/mol. The Morgan fingerprint density at radius 3 is 2.90 bits per heavy atom. The molecule has 4 nitrogen and oxygen atoms in total. The van der Waals surface area contributed by atoms with Gasteiger partial charge in [0.05, 0.1) is 11.4 Å². The number of nitrogen functional groups attached to an aromatic ring is 1. The summed E-state index contributed by atoms with van der Waals surface area (Å²) in [5, 5.41) is 4.64. The molecule has 2 N–H and O–H groups in total. The van der Waals surface area contributed by atoms with E-state index >= 15 is 0 Å². The molecule has 2 aromatic rings. The van der Waals surface area contributed by atoms with Crippen LogP contribution in [-0.2, 0) is 32.5 Å². The Hall–Kier alpha value is -1.81. The molecule has 1 aromatic carbocycles. The van der Waals surface area contributed by atoms with E-state index in [1.807, 2.05) is 6.07 Å². The minimum Gasteiger partial charge on any atom is -0.398 e. The molecule has 1 aromatic heterocycles. The van der Waals surface area contributed by atoms with Gasteiger partial charge in [-0.15, -0.1) is 0 Å². The first kappa shape index (κ1) is 14.1. The summed E-state index contributed by atoms with van der Waals surface area (Å²) in [6.45, 7) is 8.27. The van der Waals surface area contributed by atoms with Crippen molar-refractivity contribution in [2.45, 2.75) is 46.3 Å². The fourth-order valence-corrected chi connectivity index (χ4v) is 3.15. The van der Waals surface area contributed by atoms with E-state index < -0.39 is 0 Å². The van der Waals surface area contributed by atoms with Crippen molar-refractivity contribution in [3.8, 4) is 0 Å². The quantitative estimate of drug-likeness (QED) is 0.878. The number of nitrogens with zero attached hydrogens (tertiary/aromatic N) is 3. The highest BCUT2D eigenvalue weighted by molar-refractivity contribution is 5.51. The molecule has 4 heteroatoms. The highest BCUT2D eigenvalue weighted by Crippen LogP contribution is 2.25. The van der Waals surface area contributed by atoms with Crippen LogP contribution in [-0.4, -0.2) is 21.2 Å². The Morgan fingerprint density at radius 1 is 1.29 bits per heavy atom. The number of fused-ring (bicyclic) bond motifs is 1. The number of aromatic nitrogens is 2. The summed E-state index contributed by atoms with van der Waals surface area (Å²) in [5.74, 6) is 0. The van der Waals surface area contributed by atoms with Crippen LogP contribution in [0.4, 0.5) is 5.69 Å². The lowest BCUT2D eigenvalue weighted by atomic mass is 9.98. The molecule has 0 aliphatic carbocycles. The topological polar surface area (TPSA) is 47.1 Å². The van der Waals surface area contributed by atoms with Crippen LogP contribution in [0.1, 0.15) is 36.4 Å². The largest absolute Gasteiger partial charge is 0.398 e. The molecule has 0 saturated carbocycles. The van der Waals surface area contributed by atoms with Gasteiger partial charge in [0.15, 0.2) is 0 Å². The van der Waals surface area contributed by atoms with E-state index in [2.05, 4.69) is 46.7 Å². The van der Waals surface area contributed by atoms with Crippen molar-refractivity contribution >= 4 is 5.69 Å². The van der Waals surface area contributed by atoms with Gasteiger partial charge < -0.3 is 5.73 Å². The van der Waals surface area contributed by atoms with Crippen LogP contribution in [0.2, 0.25) is 0 Å². The lowest BCUT2D eigenvalue weighted by Gasteiger charge is -2.29. The van der Waals surface area contributed by atoms with Crippen LogP contribution in [0.15, 0.2) is 24.3 Å². The number of hydrogen-bond donors (Lipinski definition) is 1. The Labute approximate surface area is 126 Å². The number of aryl methyl sites for hydroxylation is 2. The maximum atomic E-state index is 6.07. The third-order valence-electron chi connectivity index (χ3n) is 4.34. The van der Waals surface area contributed by atoms with Gasteiger partial charge in [-0.1, -0.05) is 19.1 Å². The summed E-state index contributed by atoms with van der Waals surface area (Å²) in [7, 11) is 0. The smallest absolute Gasteiger partial charge is 0.0625 e. The predicted octanol–water partition coefficient (Wildman–Crippen LogP) is 2.61. The molecule has 0 amide bonds. The molecule has 0 fully saturated rings. The molecule has 1 aliphatic heterocycles. The lowest BCUT2D eigenvalue weighted by molar-refractivity contribution is 0.238. The highest BCUT2D eigenvalue weighted by atomic mass is 15.3. The second kappa shape index (κ2) is 5.90. The SMILES string of the molecule is CCc1cc(CN2CCc3c(N)cccc3C2)n(CC)n1. The predicted molar refractivity (Wildman–Crippen MR) is 86.0 cm³/mol. The number of hydrogen-bond acceptors (Lipinski definition) is 3. The van der Waals surface area contributed by atoms with Gasteiger partial charge in [0.2, 0.25) is 0 Å². The van der Waals surface area contributed by atoms with Crippen molar-refractivity contribution < 1.29 is 0 Å². The lowest BCUT2D eigenvalue weighted by Crippen LogP contribution is -2.31. The molecule has 0 atom stereocenters. The molecular formula is C17H24N4. The molecule has 0 saturated heterocycles. The molecule has 21 heavy (non-hydrogen) atoms. The second-order valence-electron chi connectivity index (χ2n) is 5.74. The van der Waals surface area contributed by atoms with Crippen LogP contribution < -0.4 is 5.73 Å². The third-order valence-corrected chi connectivity index (χ3v) is 4.34. The minimum atomic E-state index is 0.937. The maximum absolute atomic E-state index is 6.07. The van der Waals surface area contributed by atoms with Gasteiger partial charge >= 0.3 is 0 Å². The van der Waals surface area contributed by atoms with Crippen LogP contribution in [0.25, 0.3) is 0 Å². The van der Waals surface area contributed by atoms with Gasteiger partial charge in [0.25, 0.3) is 0 Å². The number of anilines is 1. The van der Waals surface area contributed by atoms with E-state index in [0.29, 0.717) is 0 Å². The maximum Gasteiger partial charge on any atom is 0.0625 e. The summed E-state index contributed by atoms with van der Waals surface area (Å²) in [4.78, 5) is 2.49. The van der Waals surface area contributed by atoms with Crippen LogP contribution in [0, 0.1) is 0 Å². The van der Waals surface area contributed by atoms with Gasteiger partial charge in [-0.2, -0.15) is 5.10 Å². The molecule has 112 valence electrons. The Balaban J connectivity index is 1.77. The summed E-state index contributed by atoms with van der Waals surface area (Å²) in [6.07, 6.45) is 2.04. The van der Waals surface area contributed by atoms with Crippen LogP contribution >= 0.6 is 0 Å². The average Bonchev–Trinajstić information content (AvgIpc) is 2.89. The molecular weight excluding hydrogens is 260 g/mol. The van der Waals surface area contributed by atoms with E-state index in [0.717, 1.165) is 44.7 Å². The first-order valence-corrected chi connectivity index (χ1v) is 7.85. The van der Waals surface area contributed by atoms with Crippen molar-refractivity contribution in [3.63, 3.8) is 0 Å². The molecule has 0 spiro atoms. The van der Waals surface area contributed by atoms with E-state index in [1.54, 1.807) is 0 Å².